The molecule has 1 heterocycles. The molecule has 36 heavy (non-hydrogen) atoms. The summed E-state index contributed by atoms with van der Waals surface area (Å²) in [6.45, 7) is 8.15. The van der Waals surface area contributed by atoms with Crippen molar-refractivity contribution in [3.63, 3.8) is 0 Å². The van der Waals surface area contributed by atoms with Crippen LogP contribution < -0.4 is 10.1 Å². The van der Waals surface area contributed by atoms with Crippen molar-refractivity contribution in [2.75, 3.05) is 12.4 Å². The highest BCUT2D eigenvalue weighted by Gasteiger charge is 2.31. The molecular formula is C26H32F3N5OS. The summed E-state index contributed by atoms with van der Waals surface area (Å²) in [4.78, 5) is 9.16. The molecule has 0 unspecified atom stereocenters. The van der Waals surface area contributed by atoms with Crippen LogP contribution in [0.5, 0.6) is 5.75 Å². The van der Waals surface area contributed by atoms with Gasteiger partial charge in [0.1, 0.15) is 5.75 Å². The van der Waals surface area contributed by atoms with Gasteiger partial charge in [0.25, 0.3) is 0 Å². The maximum atomic E-state index is 12.6. The van der Waals surface area contributed by atoms with E-state index in [1.54, 1.807) is 6.07 Å². The monoisotopic (exact) mass is 519 g/mol. The van der Waals surface area contributed by atoms with Gasteiger partial charge in [-0.25, -0.2) is 4.99 Å². The molecule has 0 spiro atoms. The van der Waals surface area contributed by atoms with Crippen LogP contribution in [-0.2, 0) is 0 Å². The third-order valence-electron chi connectivity index (χ3n) is 6.02. The number of hydrogen-bond acceptors (Lipinski definition) is 7. The summed E-state index contributed by atoms with van der Waals surface area (Å²) in [5.41, 5.74) is 3.54. The van der Waals surface area contributed by atoms with Gasteiger partial charge >= 0.3 is 6.36 Å². The number of benzene rings is 1. The molecule has 1 aromatic heterocycles. The Labute approximate surface area is 214 Å². The van der Waals surface area contributed by atoms with E-state index in [0.29, 0.717) is 33.9 Å². The van der Waals surface area contributed by atoms with Gasteiger partial charge in [-0.1, -0.05) is 50.0 Å². The van der Waals surface area contributed by atoms with Gasteiger partial charge in [0.2, 0.25) is 10.3 Å². The predicted molar refractivity (Wildman–Crippen MR) is 141 cm³/mol. The van der Waals surface area contributed by atoms with Gasteiger partial charge in [-0.05, 0) is 62.3 Å². The second-order valence-electron chi connectivity index (χ2n) is 8.53. The molecule has 1 aliphatic rings. The molecule has 6 nitrogen and oxygen atoms in total. The number of aliphatic imine (C=N–C) groups is 2. The molecule has 0 aliphatic heterocycles. The molecule has 194 valence electrons. The van der Waals surface area contributed by atoms with Crippen LogP contribution in [0.15, 0.2) is 58.7 Å². The Balaban J connectivity index is 1.61. The van der Waals surface area contributed by atoms with Crippen LogP contribution in [0.2, 0.25) is 0 Å². The van der Waals surface area contributed by atoms with Crippen molar-refractivity contribution in [2.45, 2.75) is 64.7 Å². The molecule has 1 saturated carbocycles. The molecular weight excluding hydrogens is 487 g/mol. The fourth-order valence-electron chi connectivity index (χ4n) is 4.27. The van der Waals surface area contributed by atoms with Crippen LogP contribution in [0.4, 0.5) is 23.4 Å². The van der Waals surface area contributed by atoms with Crippen LogP contribution in [0.1, 0.15) is 63.9 Å². The first-order chi connectivity index (χ1) is 17.2. The van der Waals surface area contributed by atoms with Gasteiger partial charge in [0.15, 0.2) is 0 Å². The SMILES string of the molecule is C=C(Nc1nnc(N=C2CCC(C(/C=C\CC)=N/C)CC2)s1)[C@@H](CC)c1cccc(OC(F)(F)F)c1. The maximum Gasteiger partial charge on any atom is 0.573 e. The summed E-state index contributed by atoms with van der Waals surface area (Å²) in [6.07, 6.45) is 4.97. The molecule has 1 aromatic carbocycles. The lowest BCUT2D eigenvalue weighted by molar-refractivity contribution is -0.274. The zero-order valence-corrected chi connectivity index (χ0v) is 21.6. The number of aromatic nitrogens is 2. The molecule has 0 radical (unpaired) electrons. The zero-order chi connectivity index (χ0) is 26.1. The van der Waals surface area contributed by atoms with Gasteiger partial charge in [0.05, 0.1) is 0 Å². The van der Waals surface area contributed by atoms with Crippen molar-refractivity contribution in [1.82, 2.24) is 10.2 Å². The molecule has 0 bridgehead atoms. The fourth-order valence-corrected chi connectivity index (χ4v) is 4.97. The van der Waals surface area contributed by atoms with E-state index in [4.69, 9.17) is 4.99 Å². The van der Waals surface area contributed by atoms with E-state index >= 15 is 0 Å². The Morgan fingerprint density at radius 3 is 2.67 bits per heavy atom. The van der Waals surface area contributed by atoms with Gasteiger partial charge < -0.3 is 10.1 Å². The predicted octanol–water partition coefficient (Wildman–Crippen LogP) is 7.86. The van der Waals surface area contributed by atoms with Crippen molar-refractivity contribution < 1.29 is 17.9 Å². The van der Waals surface area contributed by atoms with E-state index in [-0.39, 0.29) is 11.7 Å². The summed E-state index contributed by atoms with van der Waals surface area (Å²) < 4.78 is 41.9. The molecule has 1 N–H and O–H groups in total. The summed E-state index contributed by atoms with van der Waals surface area (Å²) in [6, 6.07) is 5.96. The summed E-state index contributed by atoms with van der Waals surface area (Å²) in [7, 11) is 1.85. The number of nitrogens with one attached hydrogen (secondary N) is 1. The number of nitrogens with zero attached hydrogens (tertiary/aromatic N) is 4. The number of allylic oxidation sites excluding steroid dienone is 3. The quantitative estimate of drug-likeness (QED) is 0.324. The van der Waals surface area contributed by atoms with E-state index < -0.39 is 6.36 Å². The Morgan fingerprint density at radius 2 is 2.03 bits per heavy atom. The van der Waals surface area contributed by atoms with Gasteiger partial charge in [0, 0.05) is 36.0 Å². The lowest BCUT2D eigenvalue weighted by Gasteiger charge is -2.23. The fraction of sp³-hybridized carbons (Fsp3) is 0.462. The largest absolute Gasteiger partial charge is 0.573 e. The highest BCUT2D eigenvalue weighted by molar-refractivity contribution is 7.18. The first-order valence-corrected chi connectivity index (χ1v) is 12.9. The van der Waals surface area contributed by atoms with Crippen LogP contribution >= 0.6 is 11.3 Å². The topological polar surface area (TPSA) is 71.8 Å². The third-order valence-corrected chi connectivity index (χ3v) is 6.75. The molecule has 0 amide bonds. The number of hydrogen-bond donors (Lipinski definition) is 1. The molecule has 0 saturated heterocycles. The first-order valence-electron chi connectivity index (χ1n) is 12.1. The van der Waals surface area contributed by atoms with E-state index in [1.165, 1.54) is 29.5 Å². The minimum atomic E-state index is -4.74. The number of ether oxygens (including phenoxy) is 1. The van der Waals surface area contributed by atoms with Crippen molar-refractivity contribution in [3.8, 4) is 5.75 Å². The maximum absolute atomic E-state index is 12.6. The number of anilines is 1. The third kappa shape index (κ3) is 8.01. The summed E-state index contributed by atoms with van der Waals surface area (Å²) in [5.74, 6) is -0.0293. The lowest BCUT2D eigenvalue weighted by atomic mass is 9.84. The van der Waals surface area contributed by atoms with Gasteiger partial charge in [-0.2, -0.15) is 0 Å². The Kier molecular flexibility index (Phi) is 9.81. The molecule has 10 heteroatoms. The first kappa shape index (κ1) is 27.6. The van der Waals surface area contributed by atoms with Crippen molar-refractivity contribution in [3.05, 3.63) is 54.3 Å². The highest BCUT2D eigenvalue weighted by Crippen LogP contribution is 2.34. The van der Waals surface area contributed by atoms with Crippen molar-refractivity contribution >= 4 is 33.0 Å². The van der Waals surface area contributed by atoms with Gasteiger partial charge in [-0.3, -0.25) is 4.99 Å². The normalized spacial score (nSPS) is 17.8. The molecule has 2 aromatic rings. The highest BCUT2D eigenvalue weighted by atomic mass is 32.1. The standard InChI is InChI=1S/C26H32F3N5OS/c1-5-7-11-23(30-4)18-12-14-20(15-13-18)32-25-34-33-24(36-25)31-17(3)22(6-2)19-9-8-10-21(16-19)35-26(27,28)29/h7-11,16,18,22H,3,5-6,12-15H2,1-2,4H3,(H,31,33)/b11-7-,30-23+,32-20?/t18?,22-/m1/s1. The van der Waals surface area contributed by atoms with Crippen LogP contribution in [0.25, 0.3) is 0 Å². The minimum absolute atomic E-state index is 0.230. The average molecular weight is 520 g/mol. The summed E-state index contributed by atoms with van der Waals surface area (Å²) in [5, 5.41) is 12.6. The smallest absolute Gasteiger partial charge is 0.406 e. The lowest BCUT2D eigenvalue weighted by Crippen LogP contribution is -2.20. The van der Waals surface area contributed by atoms with Crippen molar-refractivity contribution in [1.29, 1.82) is 0 Å². The van der Waals surface area contributed by atoms with Crippen LogP contribution in [-0.4, -0.2) is 35.0 Å². The van der Waals surface area contributed by atoms with E-state index in [9.17, 15) is 13.2 Å². The zero-order valence-electron chi connectivity index (χ0n) is 20.8. The molecule has 1 aliphatic carbocycles. The van der Waals surface area contributed by atoms with Crippen molar-refractivity contribution in [2.24, 2.45) is 15.9 Å². The number of halogens is 3. The molecule has 1 fully saturated rings. The van der Waals surface area contributed by atoms with E-state index in [1.807, 2.05) is 14.0 Å². The number of rotatable bonds is 10. The minimum Gasteiger partial charge on any atom is -0.406 e. The molecule has 1 atom stereocenters. The Bertz CT molecular complexity index is 1110. The Hall–Kier alpha value is -3.01. The summed E-state index contributed by atoms with van der Waals surface area (Å²) >= 11 is 1.32. The average Bonchev–Trinajstić information content (AvgIpc) is 3.26. The van der Waals surface area contributed by atoms with Gasteiger partial charge in [-0.15, -0.1) is 23.4 Å². The van der Waals surface area contributed by atoms with E-state index in [0.717, 1.165) is 43.5 Å². The Morgan fingerprint density at radius 1 is 1.28 bits per heavy atom. The second-order valence-corrected chi connectivity index (χ2v) is 9.49. The molecule has 3 rings (SSSR count). The second kappa shape index (κ2) is 12.8. The number of alkyl halides is 3. The van der Waals surface area contributed by atoms with Crippen LogP contribution in [0, 0.1) is 5.92 Å². The van der Waals surface area contributed by atoms with E-state index in [2.05, 4.69) is 50.9 Å². The van der Waals surface area contributed by atoms with Crippen LogP contribution in [0.3, 0.4) is 0 Å².